The van der Waals surface area contributed by atoms with Gasteiger partial charge in [0.25, 0.3) is 0 Å². The largest absolute Gasteiger partial charge is 0.496 e. The molecular weight excluding hydrogens is 592 g/mol. The Hall–Kier alpha value is -4.20. The van der Waals surface area contributed by atoms with Crippen molar-refractivity contribution in [1.29, 1.82) is 0 Å². The Labute approximate surface area is 259 Å². The molecule has 2 aromatic rings. The van der Waals surface area contributed by atoms with Crippen molar-refractivity contribution in [2.24, 2.45) is 10.8 Å². The van der Waals surface area contributed by atoms with E-state index in [4.69, 9.17) is 33.2 Å². The fraction of sp³-hybridized carbons (Fsp3) is 0.500. The quantitative estimate of drug-likeness (QED) is 0.437. The van der Waals surface area contributed by atoms with Crippen LogP contribution in [0.25, 0.3) is 0 Å². The summed E-state index contributed by atoms with van der Waals surface area (Å²) in [6.07, 6.45) is -0.855. The first-order chi connectivity index (χ1) is 21.2. The van der Waals surface area contributed by atoms with Crippen molar-refractivity contribution in [3.63, 3.8) is 0 Å². The lowest BCUT2D eigenvalue weighted by atomic mass is 9.45. The van der Waals surface area contributed by atoms with Crippen LogP contribution in [0.5, 0.6) is 34.5 Å². The van der Waals surface area contributed by atoms with Gasteiger partial charge in [0.05, 0.1) is 64.9 Å². The molecule has 13 nitrogen and oxygen atoms in total. The van der Waals surface area contributed by atoms with E-state index in [1.54, 1.807) is 13.8 Å². The number of hydrogen-bond acceptors (Lipinski definition) is 13. The summed E-state index contributed by atoms with van der Waals surface area (Å²) in [4.78, 5) is 59.6. The molecule has 5 rings (SSSR count). The molecule has 0 radical (unpaired) electrons. The summed E-state index contributed by atoms with van der Waals surface area (Å²) < 4.78 is 39.1. The van der Waals surface area contributed by atoms with Crippen LogP contribution in [0.1, 0.15) is 79.2 Å². The summed E-state index contributed by atoms with van der Waals surface area (Å²) in [7, 11) is 7.67. The number of Topliss-reactive ketones (excluding diaryl/α,β-unsaturated/α-hetero) is 4. The number of ether oxygens (including phenoxy) is 7. The molecule has 1 aliphatic heterocycles. The predicted octanol–water partition coefficient (Wildman–Crippen LogP) is 3.01. The third-order valence-corrected chi connectivity index (χ3v) is 9.95. The third kappa shape index (κ3) is 3.13. The summed E-state index contributed by atoms with van der Waals surface area (Å²) >= 11 is 0. The van der Waals surface area contributed by atoms with Gasteiger partial charge in [0, 0.05) is 11.1 Å². The van der Waals surface area contributed by atoms with E-state index in [2.05, 4.69) is 0 Å². The molecule has 0 spiro atoms. The van der Waals surface area contributed by atoms with E-state index in [1.807, 2.05) is 0 Å². The first-order valence-corrected chi connectivity index (χ1v) is 14.2. The second-order valence-electron chi connectivity index (χ2n) is 11.2. The second-order valence-corrected chi connectivity index (χ2v) is 11.2. The normalized spacial score (nSPS) is 28.2. The van der Waals surface area contributed by atoms with Gasteiger partial charge in [-0.1, -0.05) is 13.8 Å². The van der Waals surface area contributed by atoms with E-state index in [-0.39, 0.29) is 45.6 Å². The average Bonchev–Trinajstić information content (AvgIpc) is 3.23. The molecule has 0 unspecified atom stereocenters. The number of ketones is 4. The van der Waals surface area contributed by atoms with E-state index in [9.17, 15) is 19.8 Å². The van der Waals surface area contributed by atoms with Crippen molar-refractivity contribution in [2.45, 2.75) is 52.1 Å². The summed E-state index contributed by atoms with van der Waals surface area (Å²) in [6, 6.07) is 0. The Kier molecular flexibility index (Phi) is 7.27. The number of rotatable bonds is 8. The highest BCUT2D eigenvalue weighted by molar-refractivity contribution is 6.30. The van der Waals surface area contributed by atoms with Gasteiger partial charge < -0.3 is 43.4 Å². The average molecular weight is 629 g/mol. The zero-order chi connectivity index (χ0) is 33.6. The number of fused-ring (bicyclic) bond motifs is 5. The van der Waals surface area contributed by atoms with Gasteiger partial charge in [-0.25, -0.2) is 0 Å². The van der Waals surface area contributed by atoms with Crippen LogP contribution in [0.15, 0.2) is 0 Å². The molecule has 4 atom stereocenters. The third-order valence-electron chi connectivity index (χ3n) is 9.95. The standard InChI is InChI=1S/C32H36O13/c1-11-29-25(33)15-17(23(43-9)21(41-7)13(3)19(15)39-5)27(35)31(29,37)45-32(38)28(36)18-16(26(34)30(29,32)12-2)20(40-6)14(4)22(42-8)24(18)44-10/h37-38H,11-12H2,1-10H3/t29-,30-,31-,32-/m1/s1. The van der Waals surface area contributed by atoms with E-state index in [0.717, 1.165) is 0 Å². The summed E-state index contributed by atoms with van der Waals surface area (Å²) in [5.74, 6) is -11.4. The highest BCUT2D eigenvalue weighted by Gasteiger charge is 2.89. The molecule has 0 bridgehead atoms. The van der Waals surface area contributed by atoms with Crippen molar-refractivity contribution in [3.05, 3.63) is 33.4 Å². The molecule has 1 heterocycles. The molecule has 3 aliphatic rings. The van der Waals surface area contributed by atoms with Gasteiger partial charge in [0.2, 0.25) is 23.1 Å². The minimum Gasteiger partial charge on any atom is -0.496 e. The first-order valence-electron chi connectivity index (χ1n) is 14.2. The highest BCUT2D eigenvalue weighted by Crippen LogP contribution is 2.73. The molecule has 0 aromatic heterocycles. The molecule has 242 valence electrons. The van der Waals surface area contributed by atoms with Crippen LogP contribution >= 0.6 is 0 Å². The minimum absolute atomic E-state index is 0.0396. The maximum atomic E-state index is 15.2. The van der Waals surface area contributed by atoms with Gasteiger partial charge in [-0.15, -0.1) is 0 Å². The van der Waals surface area contributed by atoms with E-state index in [1.165, 1.54) is 56.5 Å². The topological polar surface area (TPSA) is 173 Å². The smallest absolute Gasteiger partial charge is 0.248 e. The number of benzene rings is 2. The zero-order valence-corrected chi connectivity index (χ0v) is 26.8. The molecule has 0 saturated carbocycles. The molecule has 2 N–H and O–H groups in total. The van der Waals surface area contributed by atoms with Crippen LogP contribution in [-0.4, -0.2) is 87.6 Å². The Morgan fingerprint density at radius 1 is 0.489 bits per heavy atom. The lowest BCUT2D eigenvalue weighted by molar-refractivity contribution is -0.261. The Morgan fingerprint density at radius 2 is 0.756 bits per heavy atom. The van der Waals surface area contributed by atoms with Crippen molar-refractivity contribution < 1.29 is 62.5 Å². The van der Waals surface area contributed by atoms with Crippen LogP contribution < -0.4 is 28.4 Å². The van der Waals surface area contributed by atoms with Gasteiger partial charge in [-0.3, -0.25) is 19.2 Å². The van der Waals surface area contributed by atoms with Gasteiger partial charge >= 0.3 is 0 Å². The number of hydrogen-bond donors (Lipinski definition) is 2. The number of carbonyl (C=O) groups is 4. The molecule has 0 amide bonds. The lowest BCUT2D eigenvalue weighted by Crippen LogP contribution is -2.69. The Balaban J connectivity index is 2.01. The fourth-order valence-corrected chi connectivity index (χ4v) is 8.17. The van der Waals surface area contributed by atoms with E-state index >= 15 is 9.59 Å². The zero-order valence-electron chi connectivity index (χ0n) is 26.8. The maximum absolute atomic E-state index is 15.2. The first kappa shape index (κ1) is 32.2. The van der Waals surface area contributed by atoms with Crippen LogP contribution in [-0.2, 0) is 4.74 Å². The second kappa shape index (κ2) is 10.2. The van der Waals surface area contributed by atoms with Crippen molar-refractivity contribution in [3.8, 4) is 34.5 Å². The molecule has 45 heavy (non-hydrogen) atoms. The summed E-state index contributed by atoms with van der Waals surface area (Å²) in [6.45, 7) is 6.07. The molecule has 2 aliphatic carbocycles. The molecule has 1 fully saturated rings. The fourth-order valence-electron chi connectivity index (χ4n) is 8.17. The van der Waals surface area contributed by atoms with Crippen molar-refractivity contribution in [2.75, 3.05) is 42.7 Å². The molecule has 13 heteroatoms. The Bertz CT molecular complexity index is 1590. The van der Waals surface area contributed by atoms with Crippen LogP contribution in [0, 0.1) is 24.7 Å². The summed E-state index contributed by atoms with van der Waals surface area (Å²) in [5, 5.41) is 25.0. The highest BCUT2D eigenvalue weighted by atomic mass is 16.7. The number of carbonyl (C=O) groups excluding carboxylic acids is 4. The SMILES string of the molecule is CC[C@]12C(=O)c3c(OC)c(C)c(OC)c(OC)c3C(=O)[C@@]1(O)O[C@]1(O)C(=O)c3c(OC)c(OC)c(C)c(OC)c3C(=O)[C@]21CC. The van der Waals surface area contributed by atoms with Crippen LogP contribution in [0.3, 0.4) is 0 Å². The van der Waals surface area contributed by atoms with Crippen LogP contribution in [0.2, 0.25) is 0 Å². The Morgan fingerprint density at radius 3 is 1.00 bits per heavy atom. The van der Waals surface area contributed by atoms with Crippen LogP contribution in [0.4, 0.5) is 0 Å². The van der Waals surface area contributed by atoms with Gasteiger partial charge in [0.15, 0.2) is 34.6 Å². The molecule has 2 aromatic carbocycles. The lowest BCUT2D eigenvalue weighted by Gasteiger charge is -2.51. The van der Waals surface area contributed by atoms with Crippen molar-refractivity contribution in [1.82, 2.24) is 0 Å². The molecule has 1 saturated heterocycles. The van der Waals surface area contributed by atoms with E-state index in [0.29, 0.717) is 11.1 Å². The number of aliphatic hydroxyl groups is 2. The summed E-state index contributed by atoms with van der Waals surface area (Å²) in [5.41, 5.74) is -6.05. The number of methoxy groups -OCH3 is 6. The van der Waals surface area contributed by atoms with E-state index < -0.39 is 69.5 Å². The minimum atomic E-state index is -3.25. The van der Waals surface area contributed by atoms with Gasteiger partial charge in [0.1, 0.15) is 22.3 Å². The van der Waals surface area contributed by atoms with Gasteiger partial charge in [-0.2, -0.15) is 0 Å². The molecular formula is C32H36O13. The predicted molar refractivity (Wildman–Crippen MR) is 155 cm³/mol. The monoisotopic (exact) mass is 628 g/mol. The van der Waals surface area contributed by atoms with Crippen molar-refractivity contribution >= 4 is 23.1 Å². The van der Waals surface area contributed by atoms with Gasteiger partial charge in [-0.05, 0) is 26.7 Å². The maximum Gasteiger partial charge on any atom is 0.248 e.